The third-order valence-electron chi connectivity index (χ3n) is 3.67. The van der Waals surface area contributed by atoms with Crippen molar-refractivity contribution in [3.63, 3.8) is 0 Å². The third kappa shape index (κ3) is 3.51. The average molecular weight is 341 g/mol. The van der Waals surface area contributed by atoms with Crippen molar-refractivity contribution in [2.75, 3.05) is 23.8 Å². The molecular weight excluding hydrogens is 325 g/mol. The molecule has 0 spiro atoms. The van der Waals surface area contributed by atoms with Gasteiger partial charge in [0.15, 0.2) is 0 Å². The smallest absolute Gasteiger partial charge is 0.277 e. The van der Waals surface area contributed by atoms with Crippen LogP contribution in [0.3, 0.4) is 0 Å². The Labute approximate surface area is 143 Å². The molecular formula is C18H16FN3O3. The SMILES string of the molecule is O=C1C=C(Nc2ccccc2Nc2ccccc2F)C(=O)N1CCO. The van der Waals surface area contributed by atoms with Crippen molar-refractivity contribution in [3.8, 4) is 0 Å². The number of halogens is 1. The lowest BCUT2D eigenvalue weighted by Gasteiger charge is -2.16. The van der Waals surface area contributed by atoms with Crippen LogP contribution in [0.15, 0.2) is 60.3 Å². The van der Waals surface area contributed by atoms with E-state index < -0.39 is 17.6 Å². The summed E-state index contributed by atoms with van der Waals surface area (Å²) in [5.41, 5.74) is 1.46. The molecule has 1 heterocycles. The number of hydrogen-bond donors (Lipinski definition) is 3. The molecule has 0 aliphatic carbocycles. The van der Waals surface area contributed by atoms with Crippen LogP contribution < -0.4 is 10.6 Å². The summed E-state index contributed by atoms with van der Waals surface area (Å²) in [6.45, 7) is -0.363. The van der Waals surface area contributed by atoms with Crippen molar-refractivity contribution in [1.29, 1.82) is 0 Å². The number of carbonyl (C=O) groups excluding carboxylic acids is 2. The standard InChI is InChI=1S/C18H16FN3O3/c19-12-5-1-2-6-13(12)20-14-7-3-4-8-15(14)21-16-11-17(24)22(9-10-23)18(16)25/h1-8,11,20-21,23H,9-10H2. The van der Waals surface area contributed by atoms with Crippen LogP contribution >= 0.6 is 0 Å². The van der Waals surface area contributed by atoms with E-state index in [9.17, 15) is 14.0 Å². The second-order valence-electron chi connectivity index (χ2n) is 5.35. The number of rotatable bonds is 6. The minimum Gasteiger partial charge on any atom is -0.395 e. The van der Waals surface area contributed by atoms with Gasteiger partial charge in [0, 0.05) is 6.08 Å². The van der Waals surface area contributed by atoms with Gasteiger partial charge in [0.2, 0.25) is 0 Å². The fourth-order valence-electron chi connectivity index (χ4n) is 2.46. The first kappa shape index (κ1) is 16.7. The monoisotopic (exact) mass is 341 g/mol. The van der Waals surface area contributed by atoms with Gasteiger partial charge in [-0.1, -0.05) is 24.3 Å². The molecule has 0 fully saturated rings. The maximum atomic E-state index is 13.8. The van der Waals surface area contributed by atoms with Gasteiger partial charge in [0.05, 0.1) is 30.2 Å². The highest BCUT2D eigenvalue weighted by Gasteiger charge is 2.30. The molecule has 128 valence electrons. The quantitative estimate of drug-likeness (QED) is 0.702. The average Bonchev–Trinajstić information content (AvgIpc) is 2.86. The van der Waals surface area contributed by atoms with Crippen LogP contribution in [0.5, 0.6) is 0 Å². The van der Waals surface area contributed by atoms with Gasteiger partial charge < -0.3 is 15.7 Å². The van der Waals surface area contributed by atoms with Crippen LogP contribution in [0.25, 0.3) is 0 Å². The summed E-state index contributed by atoms with van der Waals surface area (Å²) in [5.74, 6) is -1.40. The molecule has 3 N–H and O–H groups in total. The molecule has 7 heteroatoms. The third-order valence-corrected chi connectivity index (χ3v) is 3.67. The molecule has 2 amide bonds. The molecule has 0 radical (unpaired) electrons. The second-order valence-corrected chi connectivity index (χ2v) is 5.35. The van der Waals surface area contributed by atoms with Gasteiger partial charge in [-0.25, -0.2) is 4.39 Å². The first-order valence-corrected chi connectivity index (χ1v) is 7.66. The highest BCUT2D eigenvalue weighted by atomic mass is 19.1. The molecule has 0 aromatic heterocycles. The van der Waals surface area contributed by atoms with Gasteiger partial charge in [-0.15, -0.1) is 0 Å². The number of imide groups is 1. The fourth-order valence-corrected chi connectivity index (χ4v) is 2.46. The van der Waals surface area contributed by atoms with E-state index in [1.54, 1.807) is 42.5 Å². The van der Waals surface area contributed by atoms with Crippen molar-refractivity contribution in [3.05, 3.63) is 66.1 Å². The minimum atomic E-state index is -0.514. The summed E-state index contributed by atoms with van der Waals surface area (Å²) in [7, 11) is 0. The Kier molecular flexibility index (Phi) is 4.76. The van der Waals surface area contributed by atoms with Gasteiger partial charge in [-0.2, -0.15) is 0 Å². The van der Waals surface area contributed by atoms with Crippen LogP contribution in [-0.4, -0.2) is 35.0 Å². The molecule has 1 aliphatic heterocycles. The largest absolute Gasteiger partial charge is 0.395 e. The summed E-state index contributed by atoms with van der Waals surface area (Å²) in [6, 6.07) is 13.2. The normalized spacial score (nSPS) is 13.8. The number of nitrogens with one attached hydrogen (secondary N) is 2. The summed E-state index contributed by atoms with van der Waals surface area (Å²) >= 11 is 0. The number of amides is 2. The van der Waals surface area contributed by atoms with Gasteiger partial charge in [0.25, 0.3) is 11.8 Å². The molecule has 0 bridgehead atoms. The summed E-state index contributed by atoms with van der Waals surface area (Å²) in [5, 5.41) is 14.8. The zero-order valence-electron chi connectivity index (χ0n) is 13.2. The first-order chi connectivity index (χ1) is 12.1. The first-order valence-electron chi connectivity index (χ1n) is 7.66. The Balaban J connectivity index is 1.83. The maximum absolute atomic E-state index is 13.8. The summed E-state index contributed by atoms with van der Waals surface area (Å²) in [4.78, 5) is 25.0. The Bertz CT molecular complexity index is 851. The van der Waals surface area contributed by atoms with Crippen LogP contribution in [0.4, 0.5) is 21.5 Å². The van der Waals surface area contributed by atoms with Crippen molar-refractivity contribution < 1.29 is 19.1 Å². The Morgan fingerprint density at radius 2 is 1.52 bits per heavy atom. The topological polar surface area (TPSA) is 81.7 Å². The van der Waals surface area contributed by atoms with Gasteiger partial charge in [-0.05, 0) is 24.3 Å². The van der Waals surface area contributed by atoms with E-state index in [-0.39, 0.29) is 18.8 Å². The van der Waals surface area contributed by atoms with Gasteiger partial charge in [0.1, 0.15) is 11.5 Å². The predicted molar refractivity (Wildman–Crippen MR) is 91.6 cm³/mol. The molecule has 0 atom stereocenters. The Hall–Kier alpha value is -3.19. The maximum Gasteiger partial charge on any atom is 0.277 e. The number of hydrogen-bond acceptors (Lipinski definition) is 5. The molecule has 0 unspecified atom stereocenters. The highest BCUT2D eigenvalue weighted by molar-refractivity contribution is 6.17. The molecule has 0 saturated carbocycles. The van der Waals surface area contributed by atoms with Crippen molar-refractivity contribution in [2.24, 2.45) is 0 Å². The number of β-amino-alcohol motifs (C(OH)–C–C–N with tert-alkyl or cyclic N) is 1. The number of anilines is 3. The molecule has 1 aliphatic rings. The fraction of sp³-hybridized carbons (Fsp3) is 0.111. The van der Waals surface area contributed by atoms with Crippen molar-refractivity contribution >= 4 is 28.9 Å². The Morgan fingerprint density at radius 1 is 0.920 bits per heavy atom. The van der Waals surface area contributed by atoms with Crippen LogP contribution in [0.2, 0.25) is 0 Å². The highest BCUT2D eigenvalue weighted by Crippen LogP contribution is 2.28. The van der Waals surface area contributed by atoms with Crippen molar-refractivity contribution in [1.82, 2.24) is 4.90 Å². The number of nitrogens with zero attached hydrogens (tertiary/aromatic N) is 1. The summed E-state index contributed by atoms with van der Waals surface area (Å²) < 4.78 is 13.8. The van der Waals surface area contributed by atoms with Crippen LogP contribution in [-0.2, 0) is 9.59 Å². The van der Waals surface area contributed by atoms with E-state index in [2.05, 4.69) is 10.6 Å². The molecule has 0 saturated heterocycles. The number of aliphatic hydroxyl groups excluding tert-OH is 1. The molecule has 6 nitrogen and oxygen atoms in total. The minimum absolute atomic E-state index is 0.0610. The van der Waals surface area contributed by atoms with Gasteiger partial charge >= 0.3 is 0 Å². The molecule has 25 heavy (non-hydrogen) atoms. The lowest BCUT2D eigenvalue weighted by Crippen LogP contribution is -2.34. The zero-order chi connectivity index (χ0) is 17.8. The van der Waals surface area contributed by atoms with Crippen molar-refractivity contribution in [2.45, 2.75) is 0 Å². The van der Waals surface area contributed by atoms with Crippen LogP contribution in [0, 0.1) is 5.82 Å². The molecule has 2 aromatic carbocycles. The van der Waals surface area contributed by atoms with E-state index in [0.29, 0.717) is 17.1 Å². The predicted octanol–water partition coefficient (Wildman–Crippen LogP) is 2.23. The zero-order valence-corrected chi connectivity index (χ0v) is 13.2. The number of para-hydroxylation sites is 3. The number of aliphatic hydroxyl groups is 1. The van der Waals surface area contributed by atoms with Crippen LogP contribution in [0.1, 0.15) is 0 Å². The second kappa shape index (κ2) is 7.14. The molecule has 2 aromatic rings. The van der Waals surface area contributed by atoms with Gasteiger partial charge in [-0.3, -0.25) is 14.5 Å². The molecule has 3 rings (SSSR count). The number of benzene rings is 2. The van der Waals surface area contributed by atoms with E-state index in [1.807, 2.05) is 0 Å². The van der Waals surface area contributed by atoms with E-state index in [4.69, 9.17) is 5.11 Å². The van der Waals surface area contributed by atoms with E-state index >= 15 is 0 Å². The van der Waals surface area contributed by atoms with E-state index in [1.165, 1.54) is 12.1 Å². The lowest BCUT2D eigenvalue weighted by atomic mass is 10.2. The lowest BCUT2D eigenvalue weighted by molar-refractivity contribution is -0.137. The number of carbonyl (C=O) groups is 2. The summed E-state index contributed by atoms with van der Waals surface area (Å²) in [6.07, 6.45) is 1.18. The van der Waals surface area contributed by atoms with E-state index in [0.717, 1.165) is 4.90 Å². The Morgan fingerprint density at radius 3 is 2.16 bits per heavy atom.